The molecule has 0 spiro atoms. The Hall–Kier alpha value is -2.73. The fourth-order valence-corrected chi connectivity index (χ4v) is 3.80. The van der Waals surface area contributed by atoms with E-state index in [9.17, 15) is 0 Å². The average Bonchev–Trinajstić information content (AvgIpc) is 3.29. The summed E-state index contributed by atoms with van der Waals surface area (Å²) in [5.41, 5.74) is 2.82. The fourth-order valence-electron chi connectivity index (χ4n) is 2.69. The van der Waals surface area contributed by atoms with Crippen LogP contribution in [0.25, 0.3) is 17.1 Å². The van der Waals surface area contributed by atoms with Crippen molar-refractivity contribution in [2.45, 2.75) is 6.54 Å². The average molecular weight is 475 g/mol. The van der Waals surface area contributed by atoms with Crippen LogP contribution in [0.4, 0.5) is 0 Å². The number of nitrogens with zero attached hydrogens (tertiary/aromatic N) is 7. The largest absolute Gasteiger partial charge is 0.223 e. The van der Waals surface area contributed by atoms with Gasteiger partial charge in [-0.2, -0.15) is 10.4 Å². The molecule has 0 saturated heterocycles. The monoisotopic (exact) mass is 473 g/mol. The Morgan fingerprint density at radius 1 is 1.07 bits per heavy atom. The van der Waals surface area contributed by atoms with Crippen LogP contribution in [0.15, 0.2) is 53.3 Å². The third-order valence-corrected chi connectivity index (χ3v) is 5.42. The van der Waals surface area contributed by atoms with E-state index in [1.165, 1.54) is 0 Å². The maximum absolute atomic E-state index is 8.92. The van der Waals surface area contributed by atoms with Crippen molar-refractivity contribution in [2.24, 2.45) is 0 Å². The number of para-hydroxylation sites is 1. The van der Waals surface area contributed by atoms with Crippen molar-refractivity contribution < 1.29 is 0 Å². The number of rotatable bonds is 4. The smallest absolute Gasteiger partial charge is 0.186 e. The lowest BCUT2D eigenvalue weighted by atomic mass is 10.1. The molecule has 0 bridgehead atoms. The topological polar surface area (TPSA) is 85.2 Å². The van der Waals surface area contributed by atoms with Gasteiger partial charge in [-0.3, -0.25) is 0 Å². The zero-order valence-electron chi connectivity index (χ0n) is 14.1. The summed E-state index contributed by atoms with van der Waals surface area (Å²) in [4.78, 5) is 0. The van der Waals surface area contributed by atoms with Crippen molar-refractivity contribution in [3.63, 3.8) is 0 Å². The van der Waals surface area contributed by atoms with Gasteiger partial charge in [0.2, 0.25) is 0 Å². The Morgan fingerprint density at radius 2 is 1.79 bits per heavy atom. The van der Waals surface area contributed by atoms with Crippen LogP contribution < -0.4 is 0 Å². The molecule has 2 aromatic heterocycles. The minimum Gasteiger partial charge on any atom is -0.223 e. The molecule has 0 aliphatic carbocycles. The molecule has 0 saturated carbocycles. The third-order valence-electron chi connectivity index (χ3n) is 4.05. The van der Waals surface area contributed by atoms with E-state index in [0.29, 0.717) is 43.8 Å². The Morgan fingerprint density at radius 3 is 2.46 bits per heavy atom. The summed E-state index contributed by atoms with van der Waals surface area (Å²) in [6, 6.07) is 14.6. The van der Waals surface area contributed by atoms with E-state index < -0.39 is 0 Å². The Bertz CT molecular complexity index is 1170. The van der Waals surface area contributed by atoms with E-state index in [1.54, 1.807) is 45.9 Å². The van der Waals surface area contributed by atoms with Crippen LogP contribution in [0.2, 0.25) is 10.0 Å². The van der Waals surface area contributed by atoms with Crippen LogP contribution in [-0.2, 0) is 6.54 Å². The molecule has 10 heteroatoms. The molecule has 138 valence electrons. The van der Waals surface area contributed by atoms with Crippen molar-refractivity contribution in [3.8, 4) is 23.1 Å². The molecule has 0 radical (unpaired) electrons. The van der Waals surface area contributed by atoms with E-state index in [2.05, 4.69) is 42.6 Å². The molecule has 2 aromatic carbocycles. The lowest BCUT2D eigenvalue weighted by Gasteiger charge is -2.09. The minimum absolute atomic E-state index is 0.443. The van der Waals surface area contributed by atoms with E-state index in [1.807, 2.05) is 12.1 Å². The highest BCUT2D eigenvalue weighted by molar-refractivity contribution is 9.10. The summed E-state index contributed by atoms with van der Waals surface area (Å²) in [6.45, 7) is 0.443. The van der Waals surface area contributed by atoms with Crippen LogP contribution in [0.5, 0.6) is 0 Å². The summed E-state index contributed by atoms with van der Waals surface area (Å²) in [7, 11) is 0. The van der Waals surface area contributed by atoms with Gasteiger partial charge in [-0.1, -0.05) is 41.4 Å². The number of hydrogen-bond acceptors (Lipinski definition) is 5. The van der Waals surface area contributed by atoms with E-state index in [0.717, 1.165) is 5.56 Å². The van der Waals surface area contributed by atoms with Gasteiger partial charge in [-0.25, -0.2) is 9.36 Å². The van der Waals surface area contributed by atoms with Gasteiger partial charge in [-0.15, -0.1) is 5.10 Å². The second-order valence-electron chi connectivity index (χ2n) is 5.80. The van der Waals surface area contributed by atoms with Crippen LogP contribution >= 0.6 is 39.1 Å². The number of benzene rings is 2. The van der Waals surface area contributed by atoms with Crippen LogP contribution in [0.3, 0.4) is 0 Å². The lowest BCUT2D eigenvalue weighted by molar-refractivity contribution is 0.653. The Labute approximate surface area is 178 Å². The van der Waals surface area contributed by atoms with Crippen molar-refractivity contribution in [1.29, 1.82) is 5.26 Å². The molecule has 0 aliphatic heterocycles. The lowest BCUT2D eigenvalue weighted by Crippen LogP contribution is -2.05. The van der Waals surface area contributed by atoms with Crippen LogP contribution in [-0.4, -0.2) is 30.0 Å². The number of tetrazole rings is 1. The molecule has 0 fully saturated rings. The standard InChI is InChI=1S/C18H10BrCl2N7/c19-17-13(9-23-28(17)16-14(20)2-1-3-15(16)21)18-24-25-26-27(18)10-12-6-4-11(8-22)5-7-12/h1-7,9H,10H2. The first kappa shape index (κ1) is 18.6. The first-order valence-electron chi connectivity index (χ1n) is 8.02. The highest BCUT2D eigenvalue weighted by Gasteiger charge is 2.20. The van der Waals surface area contributed by atoms with Crippen molar-refractivity contribution in [1.82, 2.24) is 30.0 Å². The summed E-state index contributed by atoms with van der Waals surface area (Å²) in [5.74, 6) is 0.533. The zero-order valence-corrected chi connectivity index (χ0v) is 17.2. The van der Waals surface area contributed by atoms with Gasteiger partial charge >= 0.3 is 0 Å². The summed E-state index contributed by atoms with van der Waals surface area (Å²) < 4.78 is 3.88. The Kier molecular flexibility index (Phi) is 5.13. The molecule has 2 heterocycles. The first-order chi connectivity index (χ1) is 13.6. The minimum atomic E-state index is 0.443. The number of nitriles is 1. The second kappa shape index (κ2) is 7.72. The maximum atomic E-state index is 8.92. The summed E-state index contributed by atoms with van der Waals surface area (Å²) >= 11 is 16.2. The van der Waals surface area contributed by atoms with Gasteiger partial charge in [0.05, 0.1) is 40.0 Å². The van der Waals surface area contributed by atoms with Gasteiger partial charge in [0.25, 0.3) is 0 Å². The second-order valence-corrected chi connectivity index (χ2v) is 7.37. The van der Waals surface area contributed by atoms with E-state index in [4.69, 9.17) is 28.5 Å². The summed E-state index contributed by atoms with van der Waals surface area (Å²) in [5, 5.41) is 26.2. The van der Waals surface area contributed by atoms with E-state index in [-0.39, 0.29) is 0 Å². The predicted molar refractivity (Wildman–Crippen MR) is 108 cm³/mol. The third kappa shape index (κ3) is 3.40. The van der Waals surface area contributed by atoms with Crippen molar-refractivity contribution in [3.05, 3.63) is 74.4 Å². The van der Waals surface area contributed by atoms with Gasteiger partial charge in [0.15, 0.2) is 5.82 Å². The molecule has 0 unspecified atom stereocenters. The normalized spacial score (nSPS) is 10.8. The van der Waals surface area contributed by atoms with Crippen LogP contribution in [0, 0.1) is 11.3 Å². The molecule has 4 aromatic rings. The quantitative estimate of drug-likeness (QED) is 0.434. The Balaban J connectivity index is 1.71. The van der Waals surface area contributed by atoms with Gasteiger partial charge in [-0.05, 0) is 56.2 Å². The number of aromatic nitrogens is 6. The number of halogens is 3. The van der Waals surface area contributed by atoms with Gasteiger partial charge in [0.1, 0.15) is 10.3 Å². The molecule has 7 nitrogen and oxygen atoms in total. The van der Waals surface area contributed by atoms with Crippen molar-refractivity contribution >= 4 is 39.1 Å². The highest BCUT2D eigenvalue weighted by Crippen LogP contribution is 2.34. The first-order valence-corrected chi connectivity index (χ1v) is 9.57. The van der Waals surface area contributed by atoms with Gasteiger partial charge < -0.3 is 0 Å². The molecule has 0 amide bonds. The predicted octanol–water partition coefficient (Wildman–Crippen LogP) is 4.52. The number of hydrogen-bond donors (Lipinski definition) is 0. The summed E-state index contributed by atoms with van der Waals surface area (Å²) in [6.07, 6.45) is 1.64. The van der Waals surface area contributed by atoms with Crippen molar-refractivity contribution in [2.75, 3.05) is 0 Å². The fraction of sp³-hybridized carbons (Fsp3) is 0.0556. The maximum Gasteiger partial charge on any atom is 0.186 e. The molecule has 0 aliphatic rings. The highest BCUT2D eigenvalue weighted by atomic mass is 79.9. The SMILES string of the molecule is N#Cc1ccc(Cn2nnnc2-c2cnn(-c3c(Cl)cccc3Cl)c2Br)cc1. The molecular weight excluding hydrogens is 465 g/mol. The molecule has 0 N–H and O–H groups in total. The van der Waals surface area contributed by atoms with Gasteiger partial charge in [0, 0.05) is 0 Å². The van der Waals surface area contributed by atoms with Crippen LogP contribution in [0.1, 0.15) is 11.1 Å². The molecule has 28 heavy (non-hydrogen) atoms. The van der Waals surface area contributed by atoms with E-state index >= 15 is 0 Å². The molecule has 4 rings (SSSR count). The molecule has 0 atom stereocenters. The zero-order chi connectivity index (χ0) is 19.7. The molecular formula is C18H10BrCl2N7.